The molecule has 0 aliphatic rings. The number of rotatable bonds is 30. The van der Waals surface area contributed by atoms with E-state index in [1.54, 1.807) is 0 Å². The van der Waals surface area contributed by atoms with Gasteiger partial charge in [0.05, 0.1) is 20.7 Å². The first-order chi connectivity index (χ1) is 24.9. The minimum Gasteiger partial charge on any atom is -0.338 e. The Balaban J connectivity index is -0.000000274. The van der Waals surface area contributed by atoms with Gasteiger partial charge in [-0.05, 0) is 79.8 Å². The summed E-state index contributed by atoms with van der Waals surface area (Å²) in [6, 6.07) is -0.00742. The number of unbranched alkanes of at least 4 members (excludes halogenated alkanes) is 8. The Kier molecular flexibility index (Phi) is 64.9. The van der Waals surface area contributed by atoms with Crippen LogP contribution in [0.1, 0.15) is 70.6 Å². The summed E-state index contributed by atoms with van der Waals surface area (Å²) in [5, 5.41) is 18.3. The summed E-state index contributed by atoms with van der Waals surface area (Å²) in [5.41, 5.74) is 10.5. The summed E-state index contributed by atoms with van der Waals surface area (Å²) in [5.74, 6) is 0. The molecule has 10 N–H and O–H groups in total. The summed E-state index contributed by atoms with van der Waals surface area (Å²) in [6.45, 7) is 10.0. The maximum atomic E-state index is 12.3. The van der Waals surface area contributed by atoms with Gasteiger partial charge in [-0.25, -0.2) is 29.2 Å². The van der Waals surface area contributed by atoms with E-state index in [0.717, 1.165) is 103 Å². The molecule has 16 nitrogen and oxygen atoms in total. The summed E-state index contributed by atoms with van der Waals surface area (Å²) < 4.78 is 0. The molecule has 19 heteroatoms. The van der Waals surface area contributed by atoms with Gasteiger partial charge < -0.3 is 53.2 Å². The number of nitrogens with one attached hydrogen (secondary N) is 6. The zero-order valence-corrected chi connectivity index (χ0v) is 38.2. The van der Waals surface area contributed by atoms with E-state index in [9.17, 15) is 19.2 Å². The van der Waals surface area contributed by atoms with Crippen molar-refractivity contribution in [2.45, 2.75) is 70.6 Å². The Hall–Kier alpha value is -1.39. The van der Waals surface area contributed by atoms with E-state index in [0.29, 0.717) is 52.4 Å². The van der Waals surface area contributed by atoms with Crippen LogP contribution in [0.5, 0.6) is 0 Å². The van der Waals surface area contributed by atoms with Crippen molar-refractivity contribution < 1.29 is 50.3 Å². The molecule has 0 spiro atoms. The van der Waals surface area contributed by atoms with Crippen LogP contribution in [0.2, 0.25) is 0 Å². The number of carbonyl (C=O) groups excluding carboxylic acids is 4. The van der Waals surface area contributed by atoms with Gasteiger partial charge in [0, 0.05) is 96.6 Å². The van der Waals surface area contributed by atoms with Crippen LogP contribution in [-0.2, 0) is 9.59 Å². The number of aliphatic imine (C=N–C) groups is 2. The molecule has 0 fully saturated rings. The number of nitrogens with zero attached hydrogens (tertiary/aromatic N) is 4. The first kappa shape index (κ1) is 59.9. The summed E-state index contributed by atoms with van der Waals surface area (Å²) >= 11 is 0. The molecule has 0 aromatic heterocycles. The van der Waals surface area contributed by atoms with Crippen LogP contribution in [-0.4, -0.2) is 161 Å². The van der Waals surface area contributed by atoms with E-state index < -0.39 is 0 Å². The average molecular weight is 983 g/mol. The topological polar surface area (TPSA) is 224 Å². The molecule has 1 atom stereocenters. The standard InChI is InChI=1S/C20H46N8O2.C8H12N2O2.C5H14N2.BH2P.U/c1-21-11-15-27(16-12-22-2)19(29)25-9-7-5-6-8-10-26-20(30)28(17-13-23-3)18-14-24-4;11-7-9-5-3-1-2-4-6-10-8-12;6-4-2-1-3-5-7;1-2;/h21-24H,5-18H2,1-4H3,(H,25,29)(H,26,30);1-6H2;1-7H2;2H2;. The second kappa shape index (κ2) is 56.3. The molecule has 0 heterocycles. The third-order valence-corrected chi connectivity index (χ3v) is 7.08. The SMILES string of the molecule is CNCCN(CCNC)C(=O)NCCCCCCNC(=O)N(CCNC)CCNC.NCCCCCN.O=C=NCCCCCCN=C=O.[B]P.[U]. The average Bonchev–Trinajstić information content (AvgIpc) is 3.15. The third-order valence-electron chi connectivity index (χ3n) is 7.08. The van der Waals surface area contributed by atoms with E-state index in [1.165, 1.54) is 18.6 Å². The van der Waals surface area contributed by atoms with Crippen molar-refractivity contribution in [3.63, 3.8) is 0 Å². The Morgan fingerprint density at radius 3 is 1.10 bits per heavy atom. The van der Waals surface area contributed by atoms with Gasteiger partial charge in [-0.1, -0.05) is 32.1 Å². The molecule has 0 saturated heterocycles. The zero-order chi connectivity index (χ0) is 39.1. The van der Waals surface area contributed by atoms with Crippen molar-refractivity contribution in [3.05, 3.63) is 0 Å². The van der Waals surface area contributed by atoms with Gasteiger partial charge in [0.2, 0.25) is 12.2 Å². The second-order valence-corrected chi connectivity index (χ2v) is 11.3. The van der Waals surface area contributed by atoms with Crippen molar-refractivity contribution in [2.75, 3.05) is 120 Å². The van der Waals surface area contributed by atoms with Gasteiger partial charge in [-0.2, -0.15) is 9.12 Å². The van der Waals surface area contributed by atoms with Crippen molar-refractivity contribution in [1.82, 2.24) is 41.7 Å². The summed E-state index contributed by atoms with van der Waals surface area (Å²) in [7, 11) is 13.9. The van der Waals surface area contributed by atoms with Crippen LogP contribution in [0, 0.1) is 31.1 Å². The quantitative estimate of drug-likeness (QED) is 0.0165. The van der Waals surface area contributed by atoms with Gasteiger partial charge in [0.15, 0.2) is 0 Å². The Morgan fingerprint density at radius 2 is 0.827 bits per heavy atom. The number of nitrogens with two attached hydrogens (primary N) is 2. The fraction of sp³-hybridized carbons (Fsp3) is 0.879. The number of urea groups is 2. The molecular formula is C33H74BN12O4PU. The molecular weight excluding hydrogens is 908 g/mol. The Labute approximate surface area is 343 Å². The maximum Gasteiger partial charge on any atom is 0.317 e. The van der Waals surface area contributed by atoms with Gasteiger partial charge in [0.25, 0.3) is 0 Å². The minimum absolute atomic E-state index is 0. The molecule has 0 bridgehead atoms. The Bertz CT molecular complexity index is 754. The van der Waals surface area contributed by atoms with E-state index >= 15 is 0 Å². The third kappa shape index (κ3) is 50.7. The minimum atomic E-state index is -0.00371. The van der Waals surface area contributed by atoms with Crippen LogP contribution in [0.15, 0.2) is 9.98 Å². The summed E-state index contributed by atoms with van der Waals surface area (Å²) in [4.78, 5) is 54.3. The molecule has 1 unspecified atom stereocenters. The first-order valence-electron chi connectivity index (χ1n) is 18.4. The molecule has 52 heavy (non-hydrogen) atoms. The number of hydrogen-bond acceptors (Lipinski definition) is 12. The van der Waals surface area contributed by atoms with Crippen LogP contribution < -0.4 is 43.4 Å². The fourth-order valence-electron chi connectivity index (χ4n) is 4.13. The van der Waals surface area contributed by atoms with Crippen molar-refractivity contribution in [1.29, 1.82) is 0 Å². The van der Waals surface area contributed by atoms with E-state index in [1.807, 2.05) is 47.1 Å². The zero-order valence-electron chi connectivity index (χ0n) is 32.9. The number of isocyanates is 2. The fourth-order valence-corrected chi connectivity index (χ4v) is 4.13. The molecule has 2 radical (unpaired) electrons. The number of amides is 4. The van der Waals surface area contributed by atoms with Gasteiger partial charge in [-0.3, -0.25) is 0 Å². The smallest absolute Gasteiger partial charge is 0.317 e. The van der Waals surface area contributed by atoms with Gasteiger partial charge in [0.1, 0.15) is 0 Å². The van der Waals surface area contributed by atoms with Crippen LogP contribution >= 0.6 is 9.12 Å². The van der Waals surface area contributed by atoms with E-state index in [-0.39, 0.29) is 43.2 Å². The molecule has 0 rings (SSSR count). The number of carbonyl (C=O) groups is 2. The van der Waals surface area contributed by atoms with E-state index in [2.05, 4.69) is 49.5 Å². The predicted molar refractivity (Wildman–Crippen MR) is 216 cm³/mol. The second-order valence-electron chi connectivity index (χ2n) is 11.3. The largest absolute Gasteiger partial charge is 0.338 e. The Morgan fingerprint density at radius 1 is 0.538 bits per heavy atom. The van der Waals surface area contributed by atoms with Crippen LogP contribution in [0.4, 0.5) is 9.59 Å². The van der Waals surface area contributed by atoms with Crippen molar-refractivity contribution in [3.8, 4) is 0 Å². The van der Waals surface area contributed by atoms with Gasteiger partial charge in [-0.15, -0.1) is 0 Å². The molecule has 0 aromatic rings. The molecule has 4 amide bonds. The molecule has 0 aliphatic carbocycles. The summed E-state index contributed by atoms with van der Waals surface area (Å²) in [6.07, 6.45) is 14.2. The van der Waals surface area contributed by atoms with Crippen molar-refractivity contribution >= 4 is 40.9 Å². The monoisotopic (exact) mass is 983 g/mol. The van der Waals surface area contributed by atoms with Gasteiger partial charge >= 0.3 is 12.1 Å². The van der Waals surface area contributed by atoms with Crippen LogP contribution in [0.25, 0.3) is 0 Å². The molecule has 0 saturated carbocycles. The molecule has 0 aliphatic heterocycles. The van der Waals surface area contributed by atoms with E-state index in [4.69, 9.17) is 11.5 Å². The predicted octanol–water partition coefficient (Wildman–Crippen LogP) is 0.685. The van der Waals surface area contributed by atoms with Crippen LogP contribution in [0.3, 0.4) is 0 Å². The number of hydrogen-bond donors (Lipinski definition) is 8. The van der Waals surface area contributed by atoms with Crippen molar-refractivity contribution in [2.24, 2.45) is 21.5 Å². The molecule has 302 valence electrons. The molecule has 0 aromatic carbocycles. The normalized spacial score (nSPS) is 9.44. The number of likely N-dealkylation sites (N-methyl/N-ethyl adjacent to an activating group) is 4. The maximum absolute atomic E-state index is 12.3. The first-order valence-corrected chi connectivity index (χ1v) is 19.0.